The third-order valence-corrected chi connectivity index (χ3v) is 7.15. The number of esters is 1. The highest BCUT2D eigenvalue weighted by Gasteiger charge is 2.19. The molecule has 0 spiro atoms. The van der Waals surface area contributed by atoms with Crippen LogP contribution in [0.3, 0.4) is 0 Å². The van der Waals surface area contributed by atoms with E-state index in [0.717, 1.165) is 17.1 Å². The monoisotopic (exact) mass is 403 g/mol. The number of hydrogen-bond donors (Lipinski definition) is 1. The van der Waals surface area contributed by atoms with Gasteiger partial charge in [0, 0.05) is 23.6 Å². The number of carbonyl (C=O) groups excluding carboxylic acids is 2. The zero-order chi connectivity index (χ0) is 19.1. The summed E-state index contributed by atoms with van der Waals surface area (Å²) < 4.78 is 10.8. The van der Waals surface area contributed by atoms with Crippen LogP contribution in [0.25, 0.3) is 0 Å². The number of carbonyl (C=O) groups is 2. The highest BCUT2D eigenvalue weighted by atomic mass is 32.2. The number of hydrogen-bond acceptors (Lipinski definition) is 6. The lowest BCUT2D eigenvalue weighted by Crippen LogP contribution is -2.28. The first kappa shape index (κ1) is 19.6. The highest BCUT2D eigenvalue weighted by molar-refractivity contribution is 8.19. The third-order valence-electron chi connectivity index (χ3n) is 4.04. The van der Waals surface area contributed by atoms with Crippen LogP contribution < -0.4 is 10.1 Å². The Morgan fingerprint density at radius 2 is 1.78 bits per heavy atom. The Morgan fingerprint density at radius 3 is 2.48 bits per heavy atom. The first-order valence-corrected chi connectivity index (χ1v) is 10.7. The van der Waals surface area contributed by atoms with Gasteiger partial charge in [-0.05, 0) is 23.8 Å². The number of para-hydroxylation sites is 1. The molecule has 0 atom stereocenters. The van der Waals surface area contributed by atoms with E-state index in [1.807, 2.05) is 59.9 Å². The minimum absolute atomic E-state index is 0.311. The second-order valence-corrected chi connectivity index (χ2v) is 8.58. The van der Waals surface area contributed by atoms with E-state index >= 15 is 0 Å². The maximum absolute atomic E-state index is 12.1. The van der Waals surface area contributed by atoms with Crippen molar-refractivity contribution in [3.8, 4) is 5.75 Å². The molecular formula is C20H21NO4S2. The Hall–Kier alpha value is -2.12. The molecule has 2 aromatic carbocycles. The van der Waals surface area contributed by atoms with Crippen LogP contribution in [0.1, 0.15) is 26.1 Å². The molecule has 0 saturated carbocycles. The van der Waals surface area contributed by atoms with Crippen molar-refractivity contribution >= 4 is 35.4 Å². The summed E-state index contributed by atoms with van der Waals surface area (Å²) in [6.45, 7) is -0.00409. The molecular weight excluding hydrogens is 382 g/mol. The fraction of sp³-hybridized carbons (Fsp3) is 0.300. The molecule has 3 rings (SSSR count). The first-order chi connectivity index (χ1) is 13.2. The maximum atomic E-state index is 12.1. The molecule has 0 aliphatic carbocycles. The molecule has 1 saturated heterocycles. The predicted molar refractivity (Wildman–Crippen MR) is 109 cm³/mol. The molecule has 1 fully saturated rings. The summed E-state index contributed by atoms with van der Waals surface area (Å²) in [6.07, 6.45) is 0. The molecule has 5 nitrogen and oxygen atoms in total. The van der Waals surface area contributed by atoms with Crippen LogP contribution in [-0.2, 0) is 16.1 Å². The Kier molecular flexibility index (Phi) is 7.06. The van der Waals surface area contributed by atoms with Gasteiger partial charge in [-0.1, -0.05) is 30.3 Å². The van der Waals surface area contributed by atoms with Crippen LogP contribution >= 0.6 is 23.5 Å². The van der Waals surface area contributed by atoms with Gasteiger partial charge in [-0.2, -0.15) is 0 Å². The molecule has 1 aliphatic heterocycles. The van der Waals surface area contributed by atoms with Gasteiger partial charge in [-0.15, -0.1) is 23.5 Å². The largest absolute Gasteiger partial charge is 0.496 e. The van der Waals surface area contributed by atoms with Gasteiger partial charge in [0.25, 0.3) is 5.91 Å². The number of ether oxygens (including phenoxy) is 2. The van der Waals surface area contributed by atoms with Crippen molar-refractivity contribution in [2.75, 3.05) is 25.2 Å². The summed E-state index contributed by atoms with van der Waals surface area (Å²) in [5.74, 6) is 2.16. The molecule has 1 aliphatic rings. The van der Waals surface area contributed by atoms with Crippen molar-refractivity contribution in [3.05, 3.63) is 65.2 Å². The summed E-state index contributed by atoms with van der Waals surface area (Å²) in [5, 5.41) is 2.73. The molecule has 0 aromatic heterocycles. The molecule has 1 amide bonds. The minimum atomic E-state index is -0.499. The van der Waals surface area contributed by atoms with E-state index in [1.165, 1.54) is 5.56 Å². The Bertz CT molecular complexity index is 789. The van der Waals surface area contributed by atoms with Crippen LogP contribution in [0.2, 0.25) is 0 Å². The quantitative estimate of drug-likeness (QED) is 0.712. The van der Waals surface area contributed by atoms with Crippen molar-refractivity contribution in [3.63, 3.8) is 0 Å². The summed E-state index contributed by atoms with van der Waals surface area (Å²) in [4.78, 5) is 24.1. The number of methoxy groups -OCH3 is 1. The smallest absolute Gasteiger partial charge is 0.338 e. The Balaban J connectivity index is 1.46. The maximum Gasteiger partial charge on any atom is 0.338 e. The van der Waals surface area contributed by atoms with Crippen molar-refractivity contribution < 1.29 is 19.1 Å². The fourth-order valence-corrected chi connectivity index (χ4v) is 5.49. The molecule has 0 radical (unpaired) electrons. The number of amides is 1. The summed E-state index contributed by atoms with van der Waals surface area (Å²) in [6, 6.07) is 14.8. The topological polar surface area (TPSA) is 64.6 Å². The van der Waals surface area contributed by atoms with E-state index in [0.29, 0.717) is 22.4 Å². The zero-order valence-electron chi connectivity index (χ0n) is 15.0. The lowest BCUT2D eigenvalue weighted by atomic mass is 10.1. The van der Waals surface area contributed by atoms with Gasteiger partial charge in [-0.25, -0.2) is 4.79 Å². The van der Waals surface area contributed by atoms with Gasteiger partial charge >= 0.3 is 5.97 Å². The molecule has 2 aromatic rings. The fourth-order valence-electron chi connectivity index (χ4n) is 2.64. The van der Waals surface area contributed by atoms with E-state index in [-0.39, 0.29) is 12.5 Å². The Morgan fingerprint density at radius 1 is 1.07 bits per heavy atom. The second kappa shape index (κ2) is 9.71. The van der Waals surface area contributed by atoms with Crippen molar-refractivity contribution in [2.45, 2.75) is 11.1 Å². The molecule has 7 heteroatoms. The number of benzene rings is 2. The lowest BCUT2D eigenvalue weighted by molar-refractivity contribution is -0.124. The van der Waals surface area contributed by atoms with E-state index in [9.17, 15) is 9.59 Å². The predicted octanol–water partition coefficient (Wildman–Crippen LogP) is 3.65. The summed E-state index contributed by atoms with van der Waals surface area (Å²) in [7, 11) is 1.58. The second-order valence-electron chi connectivity index (χ2n) is 5.86. The number of thioether (sulfide) groups is 2. The van der Waals surface area contributed by atoms with Crippen LogP contribution in [0.15, 0.2) is 48.5 Å². The van der Waals surface area contributed by atoms with Gasteiger partial charge in [0.2, 0.25) is 0 Å². The minimum Gasteiger partial charge on any atom is -0.496 e. The molecule has 27 heavy (non-hydrogen) atoms. The van der Waals surface area contributed by atoms with Gasteiger partial charge in [-0.3, -0.25) is 4.79 Å². The van der Waals surface area contributed by atoms with E-state index in [4.69, 9.17) is 9.47 Å². The standard InChI is InChI=1S/C20H21NO4S2/c1-24-17-5-3-2-4-16(17)12-21-18(22)13-25-19(23)14-6-8-15(9-7-14)20-26-10-11-27-20/h2-9,20H,10-13H2,1H3,(H,21,22). The van der Waals surface area contributed by atoms with Crippen LogP contribution in [-0.4, -0.2) is 37.1 Å². The van der Waals surface area contributed by atoms with Crippen LogP contribution in [0, 0.1) is 0 Å². The first-order valence-electron chi connectivity index (χ1n) is 8.56. The Labute approximate surface area is 167 Å². The van der Waals surface area contributed by atoms with Crippen molar-refractivity contribution in [1.82, 2.24) is 5.32 Å². The molecule has 1 heterocycles. The molecule has 1 N–H and O–H groups in total. The van der Waals surface area contributed by atoms with Gasteiger partial charge in [0.1, 0.15) is 5.75 Å². The zero-order valence-corrected chi connectivity index (χ0v) is 16.6. The summed E-state index contributed by atoms with van der Waals surface area (Å²) >= 11 is 3.83. The highest BCUT2D eigenvalue weighted by Crippen LogP contribution is 2.45. The van der Waals surface area contributed by atoms with Crippen LogP contribution in [0.5, 0.6) is 5.75 Å². The van der Waals surface area contributed by atoms with Crippen LogP contribution in [0.4, 0.5) is 0 Å². The summed E-state index contributed by atoms with van der Waals surface area (Å²) in [5.41, 5.74) is 2.51. The number of nitrogens with one attached hydrogen (secondary N) is 1. The van der Waals surface area contributed by atoms with Crippen molar-refractivity contribution in [1.29, 1.82) is 0 Å². The SMILES string of the molecule is COc1ccccc1CNC(=O)COC(=O)c1ccc(C2SCCS2)cc1. The average molecular weight is 404 g/mol. The van der Waals surface area contributed by atoms with Gasteiger partial charge < -0.3 is 14.8 Å². The lowest BCUT2D eigenvalue weighted by Gasteiger charge is -2.10. The van der Waals surface area contributed by atoms with Gasteiger partial charge in [0.15, 0.2) is 6.61 Å². The van der Waals surface area contributed by atoms with Crippen molar-refractivity contribution in [2.24, 2.45) is 0 Å². The molecule has 0 bridgehead atoms. The van der Waals surface area contributed by atoms with Gasteiger partial charge in [0.05, 0.1) is 17.3 Å². The molecule has 0 unspecified atom stereocenters. The average Bonchev–Trinajstić information content (AvgIpc) is 3.25. The normalized spacial score (nSPS) is 14.0. The van der Waals surface area contributed by atoms with E-state index < -0.39 is 5.97 Å². The van der Waals surface area contributed by atoms with E-state index in [1.54, 1.807) is 19.2 Å². The molecule has 142 valence electrons. The number of rotatable bonds is 7. The van der Waals surface area contributed by atoms with E-state index in [2.05, 4.69) is 5.32 Å². The third kappa shape index (κ3) is 5.43.